The summed E-state index contributed by atoms with van der Waals surface area (Å²) in [4.78, 5) is 0. The minimum Gasteiger partial charge on any atom is -0.0622 e. The second-order valence-electron chi connectivity index (χ2n) is 8.45. The van der Waals surface area contributed by atoms with E-state index in [-0.39, 0.29) is 0 Å². The Morgan fingerprint density at radius 2 is 0.697 bits per heavy atom. The summed E-state index contributed by atoms with van der Waals surface area (Å²) in [6, 6.07) is 45.0. The summed E-state index contributed by atoms with van der Waals surface area (Å²) in [6.07, 6.45) is 0. The van der Waals surface area contributed by atoms with Gasteiger partial charge in [-0.05, 0) is 77.4 Å². The van der Waals surface area contributed by atoms with E-state index >= 15 is 0 Å². The average molecular weight is 427 g/mol. The van der Waals surface area contributed by atoms with Gasteiger partial charge >= 0.3 is 0 Å². The molecule has 0 aliphatic carbocycles. The van der Waals surface area contributed by atoms with Crippen LogP contribution in [-0.4, -0.2) is 0 Å². The highest BCUT2D eigenvalue weighted by Gasteiger charge is 2.09. The summed E-state index contributed by atoms with van der Waals surface area (Å²) in [6.45, 7) is 6.47. The Balaban J connectivity index is 0.000000318. The highest BCUT2D eigenvalue weighted by Crippen LogP contribution is 2.34. The van der Waals surface area contributed by atoms with Crippen LogP contribution in [0.15, 0.2) is 127 Å². The van der Waals surface area contributed by atoms with Gasteiger partial charge in [0.2, 0.25) is 0 Å². The maximum Gasteiger partial charge on any atom is -0.0146 e. The van der Waals surface area contributed by atoms with Crippen molar-refractivity contribution in [2.24, 2.45) is 0 Å². The lowest BCUT2D eigenvalue weighted by atomic mass is 9.90. The summed E-state index contributed by atoms with van der Waals surface area (Å²) >= 11 is 0. The van der Waals surface area contributed by atoms with Gasteiger partial charge in [-0.15, -0.1) is 0 Å². The molecule has 0 aliphatic rings. The van der Waals surface area contributed by atoms with Gasteiger partial charge < -0.3 is 0 Å². The second kappa shape index (κ2) is 10.6. The van der Waals surface area contributed by atoms with Crippen LogP contribution in [0.3, 0.4) is 0 Å². The first-order valence-corrected chi connectivity index (χ1v) is 11.5. The normalized spacial score (nSPS) is 10.3. The fraction of sp³-hybridized carbons (Fsp3) is 0.0909. The summed E-state index contributed by atoms with van der Waals surface area (Å²) in [7, 11) is 0. The Hall–Kier alpha value is -3.90. The molecule has 0 spiro atoms. The van der Waals surface area contributed by atoms with Gasteiger partial charge in [-0.2, -0.15) is 0 Å². The molecule has 0 bridgehead atoms. The predicted octanol–water partition coefficient (Wildman–Crippen LogP) is 9.30. The fourth-order valence-electron chi connectivity index (χ4n) is 3.98. The van der Waals surface area contributed by atoms with E-state index in [2.05, 4.69) is 130 Å². The molecule has 0 saturated carbocycles. The average Bonchev–Trinajstić information content (AvgIpc) is 2.87. The van der Waals surface area contributed by atoms with Gasteiger partial charge in [0.05, 0.1) is 0 Å². The molecule has 33 heavy (non-hydrogen) atoms. The number of benzene rings is 5. The topological polar surface area (TPSA) is 0 Å². The van der Waals surface area contributed by atoms with Crippen molar-refractivity contribution in [1.82, 2.24) is 0 Å². The Kier molecular flexibility index (Phi) is 7.17. The maximum absolute atomic E-state index is 2.32. The quantitative estimate of drug-likeness (QED) is 0.269. The first kappa shape index (κ1) is 22.3. The van der Waals surface area contributed by atoms with E-state index in [9.17, 15) is 0 Å². The molecule has 0 unspecified atom stereocenters. The minimum atomic E-state index is 1.26. The van der Waals surface area contributed by atoms with Gasteiger partial charge in [0.25, 0.3) is 0 Å². The second-order valence-corrected chi connectivity index (χ2v) is 8.45. The first-order chi connectivity index (χ1) is 16.1. The summed E-state index contributed by atoms with van der Waals surface area (Å²) in [5.41, 5.74) is 11.6. The van der Waals surface area contributed by atoms with E-state index in [1.54, 1.807) is 0 Å². The van der Waals surface area contributed by atoms with Crippen LogP contribution in [0.1, 0.15) is 16.7 Å². The molecular formula is C33H30. The molecule has 0 nitrogen and oxygen atoms in total. The van der Waals surface area contributed by atoms with Crippen LogP contribution in [0.2, 0.25) is 0 Å². The van der Waals surface area contributed by atoms with E-state index in [1.165, 1.54) is 50.1 Å². The van der Waals surface area contributed by atoms with Crippen molar-refractivity contribution in [3.8, 4) is 33.4 Å². The van der Waals surface area contributed by atoms with Crippen molar-refractivity contribution in [1.29, 1.82) is 0 Å². The molecule has 0 aliphatic heterocycles. The minimum absolute atomic E-state index is 1.26. The third-order valence-electron chi connectivity index (χ3n) is 5.92. The van der Waals surface area contributed by atoms with Crippen LogP contribution >= 0.6 is 0 Å². The van der Waals surface area contributed by atoms with Crippen LogP contribution in [0.5, 0.6) is 0 Å². The van der Waals surface area contributed by atoms with Gasteiger partial charge in [-0.25, -0.2) is 0 Å². The molecule has 0 amide bonds. The molecule has 0 heterocycles. The predicted molar refractivity (Wildman–Crippen MR) is 143 cm³/mol. The van der Waals surface area contributed by atoms with E-state index < -0.39 is 0 Å². The largest absolute Gasteiger partial charge is 0.0622 e. The molecule has 5 aromatic carbocycles. The third-order valence-corrected chi connectivity index (χ3v) is 5.92. The molecule has 0 N–H and O–H groups in total. The number of rotatable bonds is 3. The summed E-state index contributed by atoms with van der Waals surface area (Å²) in [5, 5.41) is 0. The number of hydrogen-bond acceptors (Lipinski definition) is 0. The zero-order chi connectivity index (χ0) is 23.0. The van der Waals surface area contributed by atoms with Gasteiger partial charge in [0.1, 0.15) is 0 Å². The van der Waals surface area contributed by atoms with Gasteiger partial charge in [-0.3, -0.25) is 0 Å². The van der Waals surface area contributed by atoms with E-state index in [0.717, 1.165) is 0 Å². The summed E-state index contributed by atoms with van der Waals surface area (Å²) < 4.78 is 0. The molecular weight excluding hydrogens is 396 g/mol. The summed E-state index contributed by atoms with van der Waals surface area (Å²) in [5.74, 6) is 0. The molecule has 0 fully saturated rings. The fourth-order valence-corrected chi connectivity index (χ4v) is 3.98. The van der Waals surface area contributed by atoms with Crippen molar-refractivity contribution in [3.05, 3.63) is 144 Å². The van der Waals surface area contributed by atoms with E-state index in [0.29, 0.717) is 0 Å². The molecule has 0 radical (unpaired) electrons. The monoisotopic (exact) mass is 426 g/mol. The first-order valence-electron chi connectivity index (χ1n) is 11.5. The molecule has 5 rings (SSSR count). The van der Waals surface area contributed by atoms with E-state index in [4.69, 9.17) is 0 Å². The Morgan fingerprint density at radius 1 is 0.333 bits per heavy atom. The van der Waals surface area contributed by atoms with E-state index in [1.807, 2.05) is 18.2 Å². The van der Waals surface area contributed by atoms with Crippen molar-refractivity contribution < 1.29 is 0 Å². The lowest BCUT2D eigenvalue weighted by molar-refractivity contribution is 1.40. The highest BCUT2D eigenvalue weighted by atomic mass is 14.1. The van der Waals surface area contributed by atoms with Crippen LogP contribution < -0.4 is 0 Å². The Bertz CT molecular complexity index is 1210. The van der Waals surface area contributed by atoms with Crippen molar-refractivity contribution in [3.63, 3.8) is 0 Å². The highest BCUT2D eigenvalue weighted by molar-refractivity contribution is 5.80. The SMILES string of the molecule is Cc1ccc(-c2ccccc2)cc1-c1cc(-c2ccccc2)ccc1C.Cc1ccccc1. The zero-order valence-corrected chi connectivity index (χ0v) is 19.6. The molecule has 0 heteroatoms. The zero-order valence-electron chi connectivity index (χ0n) is 19.6. The standard InChI is InChI=1S/C26H22.C7H8/c1-19-13-15-23(21-9-5-3-6-10-21)17-25(19)26-18-24(16-14-20(26)2)22-11-7-4-8-12-22;1-7-5-3-2-4-6-7/h3-18H,1-2H3;2-6H,1H3. The van der Waals surface area contributed by atoms with Crippen LogP contribution in [-0.2, 0) is 0 Å². The number of aryl methyl sites for hydroxylation is 3. The molecule has 0 saturated heterocycles. The van der Waals surface area contributed by atoms with Gasteiger partial charge in [0.15, 0.2) is 0 Å². The van der Waals surface area contributed by atoms with Crippen LogP contribution in [0.4, 0.5) is 0 Å². The lowest BCUT2D eigenvalue weighted by Gasteiger charge is -2.14. The van der Waals surface area contributed by atoms with Crippen molar-refractivity contribution in [2.75, 3.05) is 0 Å². The smallest absolute Gasteiger partial charge is 0.0146 e. The lowest BCUT2D eigenvalue weighted by Crippen LogP contribution is -1.90. The van der Waals surface area contributed by atoms with Crippen molar-refractivity contribution >= 4 is 0 Å². The number of hydrogen-bond donors (Lipinski definition) is 0. The van der Waals surface area contributed by atoms with Gasteiger partial charge in [-0.1, -0.05) is 121 Å². The molecule has 162 valence electrons. The van der Waals surface area contributed by atoms with Crippen LogP contribution in [0.25, 0.3) is 33.4 Å². The van der Waals surface area contributed by atoms with Crippen LogP contribution in [0, 0.1) is 20.8 Å². The third kappa shape index (κ3) is 5.67. The van der Waals surface area contributed by atoms with Gasteiger partial charge in [0, 0.05) is 0 Å². The Labute approximate surface area is 198 Å². The van der Waals surface area contributed by atoms with Crippen molar-refractivity contribution in [2.45, 2.75) is 20.8 Å². The molecule has 0 aromatic heterocycles. The Morgan fingerprint density at radius 3 is 1.03 bits per heavy atom. The molecule has 0 atom stereocenters. The maximum atomic E-state index is 2.32. The molecule has 5 aromatic rings.